The molecule has 2 heterocycles. The number of hydrogen-bond donors (Lipinski definition) is 2. The number of aryl methyl sites for hydroxylation is 2. The van der Waals surface area contributed by atoms with Crippen LogP contribution < -0.4 is 10.1 Å². The number of nitrogens with one attached hydrogen (secondary N) is 1. The van der Waals surface area contributed by atoms with Crippen LogP contribution in [0, 0.1) is 13.8 Å². The molecule has 0 radical (unpaired) electrons. The lowest BCUT2D eigenvalue weighted by atomic mass is 10.1. The number of carboxylic acids is 1. The first kappa shape index (κ1) is 21.3. The number of furan rings is 1. The van der Waals surface area contributed by atoms with Gasteiger partial charge >= 0.3 is 5.97 Å². The molecule has 0 fully saturated rings. The minimum Gasteiger partial charge on any atom is -0.497 e. The van der Waals surface area contributed by atoms with Crippen molar-refractivity contribution in [3.63, 3.8) is 0 Å². The van der Waals surface area contributed by atoms with Crippen molar-refractivity contribution in [1.29, 1.82) is 0 Å². The van der Waals surface area contributed by atoms with Crippen molar-refractivity contribution in [2.24, 2.45) is 0 Å². The van der Waals surface area contributed by atoms with Crippen molar-refractivity contribution in [2.75, 3.05) is 12.4 Å². The molecule has 34 heavy (non-hydrogen) atoms. The molecule has 0 aliphatic heterocycles. The first-order valence-corrected chi connectivity index (χ1v) is 10.8. The number of nitrogens with zero attached hydrogens (tertiary/aromatic N) is 2. The highest BCUT2D eigenvalue weighted by Crippen LogP contribution is 2.39. The fraction of sp³-hybridized carbons (Fsp3) is 0.111. The quantitative estimate of drug-likeness (QED) is 0.311. The molecule has 0 aliphatic rings. The van der Waals surface area contributed by atoms with Gasteiger partial charge in [-0.3, -0.25) is 0 Å². The van der Waals surface area contributed by atoms with Crippen LogP contribution in [0.5, 0.6) is 5.75 Å². The third kappa shape index (κ3) is 3.67. The molecule has 5 rings (SSSR count). The Kier molecular flexibility index (Phi) is 5.30. The maximum Gasteiger partial charge on any atom is 0.337 e. The maximum atomic E-state index is 12.0. The van der Waals surface area contributed by atoms with Crippen molar-refractivity contribution < 1.29 is 19.1 Å². The maximum absolute atomic E-state index is 12.0. The fourth-order valence-corrected chi connectivity index (χ4v) is 4.08. The number of fused-ring (bicyclic) bond motifs is 1. The molecular weight excluding hydrogens is 430 g/mol. The molecule has 0 saturated carbocycles. The normalized spacial score (nSPS) is 11.0. The first-order chi connectivity index (χ1) is 16.5. The Hall–Kier alpha value is -4.52. The van der Waals surface area contributed by atoms with E-state index in [-0.39, 0.29) is 5.56 Å². The minimum atomic E-state index is -1.06. The number of anilines is 2. The Morgan fingerprint density at radius 2 is 1.79 bits per heavy atom. The summed E-state index contributed by atoms with van der Waals surface area (Å²) in [6.07, 6.45) is 0. The smallest absolute Gasteiger partial charge is 0.337 e. The summed E-state index contributed by atoms with van der Waals surface area (Å²) >= 11 is 0. The van der Waals surface area contributed by atoms with E-state index in [0.29, 0.717) is 23.0 Å². The van der Waals surface area contributed by atoms with Crippen LogP contribution in [0.2, 0.25) is 0 Å². The number of para-hydroxylation sites is 2. The summed E-state index contributed by atoms with van der Waals surface area (Å²) in [5, 5.41) is 19.0. The second-order valence-corrected chi connectivity index (χ2v) is 8.00. The molecule has 3 aromatic carbocycles. The van der Waals surface area contributed by atoms with Crippen LogP contribution in [0.15, 0.2) is 77.2 Å². The summed E-state index contributed by atoms with van der Waals surface area (Å²) in [7, 11) is 1.50. The third-order valence-electron chi connectivity index (χ3n) is 5.79. The molecule has 0 saturated heterocycles. The van der Waals surface area contributed by atoms with E-state index in [1.54, 1.807) is 16.8 Å². The molecule has 0 bridgehead atoms. The Morgan fingerprint density at radius 1 is 1.03 bits per heavy atom. The summed E-state index contributed by atoms with van der Waals surface area (Å²) in [6, 6.07) is 22.6. The van der Waals surface area contributed by atoms with Crippen LogP contribution in [0.4, 0.5) is 11.5 Å². The van der Waals surface area contributed by atoms with Crippen molar-refractivity contribution in [2.45, 2.75) is 13.8 Å². The van der Waals surface area contributed by atoms with E-state index < -0.39 is 5.97 Å². The van der Waals surface area contributed by atoms with Gasteiger partial charge in [0.25, 0.3) is 0 Å². The lowest BCUT2D eigenvalue weighted by Crippen LogP contribution is -2.08. The van der Waals surface area contributed by atoms with E-state index >= 15 is 0 Å². The Labute approximate surface area is 196 Å². The molecule has 0 aliphatic carbocycles. The van der Waals surface area contributed by atoms with Crippen molar-refractivity contribution in [1.82, 2.24) is 9.78 Å². The number of benzene rings is 3. The molecule has 2 aromatic heterocycles. The predicted molar refractivity (Wildman–Crippen MR) is 131 cm³/mol. The molecule has 0 atom stereocenters. The molecular formula is C27H23N3O4. The lowest BCUT2D eigenvalue weighted by molar-refractivity contribution is 0.0697. The van der Waals surface area contributed by atoms with Crippen LogP contribution in [-0.2, 0) is 0 Å². The third-order valence-corrected chi connectivity index (χ3v) is 5.79. The van der Waals surface area contributed by atoms with Gasteiger partial charge in [0.15, 0.2) is 0 Å². The monoisotopic (exact) mass is 453 g/mol. The highest BCUT2D eigenvalue weighted by atomic mass is 16.5. The molecule has 5 aromatic rings. The molecule has 7 heteroatoms. The van der Waals surface area contributed by atoms with E-state index in [4.69, 9.17) is 14.3 Å². The zero-order valence-electron chi connectivity index (χ0n) is 19.0. The van der Waals surface area contributed by atoms with Gasteiger partial charge in [-0.25, -0.2) is 9.48 Å². The van der Waals surface area contributed by atoms with E-state index in [0.717, 1.165) is 33.5 Å². The summed E-state index contributed by atoms with van der Waals surface area (Å²) in [5.74, 6) is 0.652. The van der Waals surface area contributed by atoms with Crippen LogP contribution in [0.1, 0.15) is 21.6 Å². The number of hydrogen-bond acceptors (Lipinski definition) is 5. The number of ether oxygens (including phenoxy) is 1. The predicted octanol–water partition coefficient (Wildman–Crippen LogP) is 6.35. The van der Waals surface area contributed by atoms with Gasteiger partial charge in [-0.1, -0.05) is 36.4 Å². The molecule has 0 amide bonds. The number of aromatic nitrogens is 2. The highest BCUT2D eigenvalue weighted by molar-refractivity contribution is 5.97. The Balaban J connectivity index is 1.74. The van der Waals surface area contributed by atoms with Gasteiger partial charge in [0, 0.05) is 5.39 Å². The zero-order chi connectivity index (χ0) is 23.8. The van der Waals surface area contributed by atoms with Gasteiger partial charge in [-0.2, -0.15) is 5.10 Å². The van der Waals surface area contributed by atoms with Gasteiger partial charge in [0.1, 0.15) is 22.9 Å². The van der Waals surface area contributed by atoms with E-state index in [9.17, 15) is 9.90 Å². The van der Waals surface area contributed by atoms with Crippen LogP contribution >= 0.6 is 0 Å². The summed E-state index contributed by atoms with van der Waals surface area (Å²) in [5.41, 5.74) is 4.67. The van der Waals surface area contributed by atoms with Gasteiger partial charge in [0.05, 0.1) is 35.3 Å². The molecule has 0 unspecified atom stereocenters. The lowest BCUT2D eigenvalue weighted by Gasteiger charge is -2.15. The molecule has 7 nitrogen and oxygen atoms in total. The summed E-state index contributed by atoms with van der Waals surface area (Å²) in [6.45, 7) is 3.92. The number of rotatable bonds is 6. The van der Waals surface area contributed by atoms with Gasteiger partial charge < -0.3 is 19.6 Å². The van der Waals surface area contributed by atoms with Gasteiger partial charge in [0.2, 0.25) is 0 Å². The number of aromatic carboxylic acids is 1. The Morgan fingerprint density at radius 3 is 2.53 bits per heavy atom. The van der Waals surface area contributed by atoms with Gasteiger partial charge in [-0.15, -0.1) is 0 Å². The first-order valence-electron chi connectivity index (χ1n) is 10.8. The average Bonchev–Trinajstić information content (AvgIpc) is 3.39. The number of methoxy groups -OCH3 is 1. The van der Waals surface area contributed by atoms with Crippen molar-refractivity contribution in [3.05, 3.63) is 89.6 Å². The molecule has 0 spiro atoms. The van der Waals surface area contributed by atoms with E-state index in [2.05, 4.69) is 5.32 Å². The average molecular weight is 453 g/mol. The van der Waals surface area contributed by atoms with Crippen molar-refractivity contribution in [3.8, 4) is 22.8 Å². The van der Waals surface area contributed by atoms with Crippen molar-refractivity contribution >= 4 is 28.4 Å². The minimum absolute atomic E-state index is 0.0880. The number of carbonyl (C=O) groups is 1. The molecule has 2 N–H and O–H groups in total. The highest BCUT2D eigenvalue weighted by Gasteiger charge is 2.24. The van der Waals surface area contributed by atoms with Crippen LogP contribution in [0.3, 0.4) is 0 Å². The van der Waals surface area contributed by atoms with Crippen LogP contribution in [0.25, 0.3) is 28.0 Å². The summed E-state index contributed by atoms with van der Waals surface area (Å²) < 4.78 is 13.2. The second-order valence-electron chi connectivity index (χ2n) is 8.00. The largest absolute Gasteiger partial charge is 0.497 e. The van der Waals surface area contributed by atoms with E-state index in [1.807, 2.05) is 68.4 Å². The van der Waals surface area contributed by atoms with Crippen LogP contribution in [-0.4, -0.2) is 28.0 Å². The SMILES string of the molecule is COc1ccc(Nc2c(-c3cc4ccccc4o3)c(C)nn2-c2ccccc2C)c(C(=O)O)c1. The number of carboxylic acid groups (broad SMARTS) is 1. The molecule has 170 valence electrons. The standard InChI is InChI=1S/C27H23N3O4/c1-16-8-4-6-10-22(16)30-26(28-21-13-12-19(33-3)15-20(21)27(31)32)25(17(2)29-30)24-14-18-9-5-7-11-23(18)34-24/h4-15,28H,1-3H3,(H,31,32). The zero-order valence-corrected chi connectivity index (χ0v) is 19.0. The summed E-state index contributed by atoms with van der Waals surface area (Å²) in [4.78, 5) is 12.0. The fourth-order valence-electron chi connectivity index (χ4n) is 4.08. The second kappa shape index (κ2) is 8.44. The Bertz CT molecular complexity index is 1500. The van der Waals surface area contributed by atoms with E-state index in [1.165, 1.54) is 13.2 Å². The van der Waals surface area contributed by atoms with Gasteiger partial charge in [-0.05, 0) is 55.8 Å². The topological polar surface area (TPSA) is 89.5 Å².